The Kier molecular flexibility index (Phi) is 4.98. The van der Waals surface area contributed by atoms with Gasteiger partial charge >= 0.3 is 0 Å². The van der Waals surface area contributed by atoms with Crippen molar-refractivity contribution in [1.82, 2.24) is 9.47 Å². The molecule has 6 nitrogen and oxygen atoms in total. The molecule has 0 aliphatic carbocycles. The van der Waals surface area contributed by atoms with Gasteiger partial charge in [0.05, 0.1) is 17.8 Å². The molecule has 4 rings (SSSR count). The molecule has 0 radical (unpaired) electrons. The van der Waals surface area contributed by atoms with Gasteiger partial charge in [0.25, 0.3) is 5.91 Å². The molecule has 28 heavy (non-hydrogen) atoms. The maximum absolute atomic E-state index is 13.3. The highest BCUT2D eigenvalue weighted by molar-refractivity contribution is 5.96. The average Bonchev–Trinajstić information content (AvgIpc) is 3.03. The SMILES string of the molecule is CCCCN1CC2CC(O)c3c(C)c(=O)c(OCc4ccccc4)c(n32)C1=O. The van der Waals surface area contributed by atoms with Crippen LogP contribution in [0, 0.1) is 6.92 Å². The second-order valence-corrected chi connectivity index (χ2v) is 7.67. The number of rotatable bonds is 6. The number of carbonyl (C=O) groups excluding carboxylic acids is 1. The van der Waals surface area contributed by atoms with E-state index in [-0.39, 0.29) is 29.7 Å². The number of hydrogen-bond acceptors (Lipinski definition) is 4. The van der Waals surface area contributed by atoms with Crippen LogP contribution in [-0.2, 0) is 6.61 Å². The van der Waals surface area contributed by atoms with Crippen LogP contribution in [0.2, 0.25) is 0 Å². The summed E-state index contributed by atoms with van der Waals surface area (Å²) < 4.78 is 7.80. The summed E-state index contributed by atoms with van der Waals surface area (Å²) in [5.74, 6) is -0.0735. The lowest BCUT2D eigenvalue weighted by molar-refractivity contribution is 0.0651. The third-order valence-corrected chi connectivity index (χ3v) is 5.75. The highest BCUT2D eigenvalue weighted by Crippen LogP contribution is 2.42. The third-order valence-electron chi connectivity index (χ3n) is 5.75. The Labute approximate surface area is 164 Å². The van der Waals surface area contributed by atoms with Gasteiger partial charge in [-0.05, 0) is 18.9 Å². The van der Waals surface area contributed by atoms with Gasteiger partial charge in [0.15, 0.2) is 11.4 Å². The van der Waals surface area contributed by atoms with Crippen molar-refractivity contribution in [2.75, 3.05) is 13.1 Å². The largest absolute Gasteiger partial charge is 0.483 e. The molecule has 6 heteroatoms. The van der Waals surface area contributed by atoms with E-state index in [1.807, 2.05) is 34.9 Å². The van der Waals surface area contributed by atoms with Gasteiger partial charge in [0.2, 0.25) is 5.43 Å². The van der Waals surface area contributed by atoms with E-state index in [4.69, 9.17) is 4.74 Å². The quantitative estimate of drug-likeness (QED) is 0.834. The van der Waals surface area contributed by atoms with Crippen molar-refractivity contribution in [3.8, 4) is 5.75 Å². The zero-order valence-electron chi connectivity index (χ0n) is 16.4. The van der Waals surface area contributed by atoms with Crippen LogP contribution in [0.1, 0.15) is 65.6 Å². The number of nitrogens with zero attached hydrogens (tertiary/aromatic N) is 2. The molecular weight excluding hydrogens is 356 g/mol. The molecule has 2 aliphatic heterocycles. The van der Waals surface area contributed by atoms with Gasteiger partial charge in [-0.1, -0.05) is 43.7 Å². The van der Waals surface area contributed by atoms with E-state index in [0.29, 0.717) is 36.5 Å². The van der Waals surface area contributed by atoms with Gasteiger partial charge in [-0.2, -0.15) is 0 Å². The van der Waals surface area contributed by atoms with Crippen LogP contribution in [0.5, 0.6) is 5.75 Å². The van der Waals surface area contributed by atoms with Crippen molar-refractivity contribution in [2.45, 2.75) is 51.9 Å². The van der Waals surface area contributed by atoms with Gasteiger partial charge in [0, 0.05) is 25.1 Å². The summed E-state index contributed by atoms with van der Waals surface area (Å²) in [7, 11) is 0. The molecule has 2 atom stereocenters. The second-order valence-electron chi connectivity index (χ2n) is 7.67. The number of hydrogen-bond donors (Lipinski definition) is 1. The normalized spacial score (nSPS) is 20.4. The molecule has 2 aliphatic rings. The number of aliphatic hydroxyl groups is 1. The topological polar surface area (TPSA) is 71.8 Å². The predicted octanol–water partition coefficient (Wildman–Crippen LogP) is 2.97. The fourth-order valence-corrected chi connectivity index (χ4v) is 4.32. The Morgan fingerprint density at radius 3 is 2.68 bits per heavy atom. The first kappa shape index (κ1) is 18.7. The van der Waals surface area contributed by atoms with Crippen LogP contribution in [0.25, 0.3) is 0 Å². The first-order chi connectivity index (χ1) is 13.5. The minimum atomic E-state index is -0.724. The molecule has 3 heterocycles. The van der Waals surface area contributed by atoms with E-state index < -0.39 is 6.10 Å². The number of pyridine rings is 1. The van der Waals surface area contributed by atoms with Crippen molar-refractivity contribution in [2.24, 2.45) is 0 Å². The molecule has 1 aromatic carbocycles. The van der Waals surface area contributed by atoms with Crippen LogP contribution in [-0.4, -0.2) is 33.6 Å². The van der Waals surface area contributed by atoms with E-state index in [1.54, 1.807) is 11.8 Å². The Balaban J connectivity index is 1.79. The van der Waals surface area contributed by atoms with E-state index in [0.717, 1.165) is 18.4 Å². The van der Waals surface area contributed by atoms with Crippen LogP contribution in [0.3, 0.4) is 0 Å². The number of aliphatic hydroxyl groups excluding tert-OH is 1. The second kappa shape index (κ2) is 7.43. The molecule has 2 aromatic rings. The molecule has 0 saturated heterocycles. The Bertz CT molecular complexity index is 951. The van der Waals surface area contributed by atoms with E-state index in [1.165, 1.54) is 0 Å². The maximum atomic E-state index is 13.3. The van der Waals surface area contributed by atoms with Gasteiger partial charge in [-0.3, -0.25) is 9.59 Å². The lowest BCUT2D eigenvalue weighted by Crippen LogP contribution is -2.44. The third kappa shape index (κ3) is 3.02. The Morgan fingerprint density at radius 1 is 1.21 bits per heavy atom. The van der Waals surface area contributed by atoms with Crippen LogP contribution >= 0.6 is 0 Å². The molecule has 0 spiro atoms. The fraction of sp³-hybridized carbons (Fsp3) is 0.455. The summed E-state index contributed by atoms with van der Waals surface area (Å²) >= 11 is 0. The summed E-state index contributed by atoms with van der Waals surface area (Å²) in [4.78, 5) is 28.1. The molecule has 0 bridgehead atoms. The molecule has 1 N–H and O–H groups in total. The molecule has 0 saturated carbocycles. The number of benzene rings is 1. The first-order valence-corrected chi connectivity index (χ1v) is 9.96. The minimum Gasteiger partial charge on any atom is -0.483 e. The van der Waals surface area contributed by atoms with Gasteiger partial charge < -0.3 is 19.3 Å². The molecular formula is C22H26N2O4. The lowest BCUT2D eigenvalue weighted by atomic mass is 10.1. The van der Waals surface area contributed by atoms with Crippen molar-refractivity contribution < 1.29 is 14.6 Å². The van der Waals surface area contributed by atoms with Crippen molar-refractivity contribution >= 4 is 5.91 Å². The summed E-state index contributed by atoms with van der Waals surface area (Å²) in [5.41, 5.74) is 1.96. The highest BCUT2D eigenvalue weighted by Gasteiger charge is 2.43. The van der Waals surface area contributed by atoms with Crippen molar-refractivity contribution in [1.29, 1.82) is 0 Å². The fourth-order valence-electron chi connectivity index (χ4n) is 4.32. The van der Waals surface area contributed by atoms with Crippen molar-refractivity contribution in [3.63, 3.8) is 0 Å². The monoisotopic (exact) mass is 382 g/mol. The van der Waals surface area contributed by atoms with Crippen LogP contribution < -0.4 is 10.2 Å². The van der Waals surface area contributed by atoms with E-state index in [2.05, 4.69) is 6.92 Å². The predicted molar refractivity (Wildman–Crippen MR) is 106 cm³/mol. The minimum absolute atomic E-state index is 0.0204. The lowest BCUT2D eigenvalue weighted by Gasteiger charge is -2.35. The molecule has 1 aromatic heterocycles. The van der Waals surface area contributed by atoms with Crippen LogP contribution in [0.4, 0.5) is 0 Å². The number of ether oxygens (including phenoxy) is 1. The first-order valence-electron chi connectivity index (χ1n) is 9.96. The smallest absolute Gasteiger partial charge is 0.274 e. The molecule has 1 amide bonds. The number of carbonyl (C=O) groups is 1. The summed E-state index contributed by atoms with van der Waals surface area (Å²) in [6.07, 6.45) is 1.69. The summed E-state index contributed by atoms with van der Waals surface area (Å²) in [6.45, 7) is 5.23. The van der Waals surface area contributed by atoms with E-state index in [9.17, 15) is 14.7 Å². The number of unbranched alkanes of at least 4 members (excludes halogenated alkanes) is 1. The molecule has 0 fully saturated rings. The van der Waals surface area contributed by atoms with Gasteiger partial charge in [0.1, 0.15) is 6.61 Å². The molecule has 2 unspecified atom stereocenters. The van der Waals surface area contributed by atoms with Gasteiger partial charge in [-0.15, -0.1) is 0 Å². The van der Waals surface area contributed by atoms with E-state index >= 15 is 0 Å². The van der Waals surface area contributed by atoms with Gasteiger partial charge in [-0.25, -0.2) is 0 Å². The average molecular weight is 382 g/mol. The summed E-state index contributed by atoms with van der Waals surface area (Å²) in [5, 5.41) is 10.6. The standard InChI is InChI=1S/C22H26N2O4/c1-3-4-10-23-12-16-11-17(25)18-14(2)20(26)21(19(22(23)27)24(16)18)28-13-15-8-6-5-7-9-15/h5-9,16-17,25H,3-4,10-13H2,1-2H3. The number of amides is 1. The van der Waals surface area contributed by atoms with Crippen LogP contribution in [0.15, 0.2) is 35.1 Å². The Hall–Kier alpha value is -2.60. The highest BCUT2D eigenvalue weighted by atomic mass is 16.5. The summed E-state index contributed by atoms with van der Waals surface area (Å²) in [6, 6.07) is 9.56. The van der Waals surface area contributed by atoms with Crippen molar-refractivity contribution in [3.05, 3.63) is 63.1 Å². The zero-order chi connectivity index (χ0) is 19.8. The zero-order valence-corrected chi connectivity index (χ0v) is 16.4. The Morgan fingerprint density at radius 2 is 1.96 bits per heavy atom. The maximum Gasteiger partial charge on any atom is 0.274 e. The molecule has 148 valence electrons. The number of aromatic nitrogens is 1.